The van der Waals surface area contributed by atoms with Gasteiger partial charge in [-0.05, 0) is 38.1 Å². The van der Waals surface area contributed by atoms with E-state index in [2.05, 4.69) is 25.3 Å². The summed E-state index contributed by atoms with van der Waals surface area (Å²) in [4.78, 5) is 17.5. The van der Waals surface area contributed by atoms with Crippen molar-refractivity contribution in [1.29, 1.82) is 0 Å². The number of nitrogens with one attached hydrogen (secondary N) is 1. The summed E-state index contributed by atoms with van der Waals surface area (Å²) in [5.74, 6) is 1.45. The molecule has 2 aromatic heterocycles. The van der Waals surface area contributed by atoms with Gasteiger partial charge in [0.25, 0.3) is 0 Å². The summed E-state index contributed by atoms with van der Waals surface area (Å²) < 4.78 is 5.38. The molecule has 112 valence electrons. The summed E-state index contributed by atoms with van der Waals surface area (Å²) in [5.41, 5.74) is 1.03. The van der Waals surface area contributed by atoms with Crippen molar-refractivity contribution in [3.05, 3.63) is 29.8 Å². The van der Waals surface area contributed by atoms with Gasteiger partial charge in [-0.2, -0.15) is 0 Å². The first-order chi connectivity index (χ1) is 10.2. The number of anilines is 1. The Hall–Kier alpha value is -1.73. The van der Waals surface area contributed by atoms with Gasteiger partial charge < -0.3 is 10.1 Å². The predicted octanol–water partition coefficient (Wildman–Crippen LogP) is 2.69. The van der Waals surface area contributed by atoms with Crippen LogP contribution in [0.3, 0.4) is 0 Å². The second-order valence-electron chi connectivity index (χ2n) is 4.32. The molecule has 0 aromatic carbocycles. The lowest BCUT2D eigenvalue weighted by Crippen LogP contribution is -2.06. The van der Waals surface area contributed by atoms with Crippen molar-refractivity contribution >= 4 is 17.6 Å². The van der Waals surface area contributed by atoms with Crippen molar-refractivity contribution < 1.29 is 4.74 Å². The summed E-state index contributed by atoms with van der Waals surface area (Å²) in [6, 6.07) is 1.90. The number of rotatable bonds is 7. The van der Waals surface area contributed by atoms with E-state index in [-0.39, 0.29) is 0 Å². The van der Waals surface area contributed by atoms with E-state index in [1.165, 1.54) is 11.8 Å². The van der Waals surface area contributed by atoms with Gasteiger partial charge in [0.1, 0.15) is 17.5 Å². The maximum Gasteiger partial charge on any atom is 0.193 e. The highest BCUT2D eigenvalue weighted by Crippen LogP contribution is 2.24. The topological polar surface area (TPSA) is 72.8 Å². The zero-order valence-electron chi connectivity index (χ0n) is 12.5. The lowest BCUT2D eigenvalue weighted by Gasteiger charge is -2.08. The SMILES string of the molecule is CCNc1cc(Sc2ncc(C)cn2)nc(COCC)n1. The summed E-state index contributed by atoms with van der Waals surface area (Å²) in [7, 11) is 0. The highest BCUT2D eigenvalue weighted by Gasteiger charge is 2.08. The van der Waals surface area contributed by atoms with Gasteiger partial charge in [-0.15, -0.1) is 0 Å². The molecule has 0 saturated carbocycles. The molecule has 0 radical (unpaired) electrons. The second kappa shape index (κ2) is 7.90. The average molecular weight is 305 g/mol. The lowest BCUT2D eigenvalue weighted by atomic mass is 10.4. The molecule has 0 aliphatic carbocycles. The van der Waals surface area contributed by atoms with E-state index in [4.69, 9.17) is 4.74 Å². The van der Waals surface area contributed by atoms with Crippen LogP contribution >= 0.6 is 11.8 Å². The molecule has 2 heterocycles. The van der Waals surface area contributed by atoms with Gasteiger partial charge in [0.05, 0.1) is 0 Å². The van der Waals surface area contributed by atoms with E-state index in [1.54, 1.807) is 12.4 Å². The highest BCUT2D eigenvalue weighted by atomic mass is 32.2. The Labute approximate surface area is 128 Å². The van der Waals surface area contributed by atoms with Crippen LogP contribution in [0.5, 0.6) is 0 Å². The summed E-state index contributed by atoms with van der Waals surface area (Å²) >= 11 is 1.42. The van der Waals surface area contributed by atoms with Gasteiger partial charge in [0.15, 0.2) is 11.0 Å². The van der Waals surface area contributed by atoms with E-state index in [0.717, 1.165) is 23.0 Å². The Morgan fingerprint density at radius 2 is 1.95 bits per heavy atom. The van der Waals surface area contributed by atoms with Crippen molar-refractivity contribution in [2.24, 2.45) is 0 Å². The number of hydrogen-bond acceptors (Lipinski definition) is 7. The summed E-state index contributed by atoms with van der Waals surface area (Å²) in [5, 5.41) is 4.67. The quantitative estimate of drug-likeness (QED) is 0.622. The van der Waals surface area contributed by atoms with E-state index >= 15 is 0 Å². The normalized spacial score (nSPS) is 10.6. The van der Waals surface area contributed by atoms with Crippen LogP contribution in [-0.4, -0.2) is 33.1 Å². The largest absolute Gasteiger partial charge is 0.374 e. The first kappa shape index (κ1) is 15.7. The minimum absolute atomic E-state index is 0.401. The average Bonchev–Trinajstić information content (AvgIpc) is 2.48. The fourth-order valence-electron chi connectivity index (χ4n) is 1.58. The standard InChI is InChI=1S/C14H19N5OS/c1-4-15-11-6-13(19-12(18-11)9-20-5-2)21-14-16-7-10(3)8-17-14/h6-8H,4-5,9H2,1-3H3,(H,15,18,19). The van der Waals surface area contributed by atoms with E-state index in [9.17, 15) is 0 Å². The van der Waals surface area contributed by atoms with Crippen LogP contribution in [0, 0.1) is 6.92 Å². The molecular formula is C14H19N5OS. The van der Waals surface area contributed by atoms with Crippen molar-refractivity contribution in [3.63, 3.8) is 0 Å². The molecule has 0 atom stereocenters. The Bertz CT molecular complexity index is 576. The molecular weight excluding hydrogens is 286 g/mol. The lowest BCUT2D eigenvalue weighted by molar-refractivity contribution is 0.128. The molecule has 0 bridgehead atoms. The van der Waals surface area contributed by atoms with E-state index in [1.807, 2.05) is 26.8 Å². The van der Waals surface area contributed by atoms with Crippen LogP contribution in [0.4, 0.5) is 5.82 Å². The number of nitrogens with zero attached hydrogens (tertiary/aromatic N) is 4. The minimum Gasteiger partial charge on any atom is -0.374 e. The Morgan fingerprint density at radius 1 is 1.19 bits per heavy atom. The maximum atomic E-state index is 5.38. The monoisotopic (exact) mass is 305 g/mol. The summed E-state index contributed by atoms with van der Waals surface area (Å²) in [6.45, 7) is 7.78. The van der Waals surface area contributed by atoms with Crippen molar-refractivity contribution in [2.45, 2.75) is 37.6 Å². The molecule has 7 heteroatoms. The first-order valence-corrected chi connectivity index (χ1v) is 7.69. The Balaban J connectivity index is 2.19. The van der Waals surface area contributed by atoms with Crippen LogP contribution < -0.4 is 5.32 Å². The second-order valence-corrected chi connectivity index (χ2v) is 5.31. The van der Waals surface area contributed by atoms with Gasteiger partial charge >= 0.3 is 0 Å². The van der Waals surface area contributed by atoms with E-state index < -0.39 is 0 Å². The number of ether oxygens (including phenoxy) is 1. The molecule has 2 rings (SSSR count). The third kappa shape index (κ3) is 4.95. The van der Waals surface area contributed by atoms with Crippen LogP contribution in [0.15, 0.2) is 28.6 Å². The minimum atomic E-state index is 0.401. The first-order valence-electron chi connectivity index (χ1n) is 6.87. The maximum absolute atomic E-state index is 5.38. The Morgan fingerprint density at radius 3 is 2.62 bits per heavy atom. The zero-order valence-corrected chi connectivity index (χ0v) is 13.3. The third-order valence-corrected chi connectivity index (χ3v) is 3.31. The van der Waals surface area contributed by atoms with Gasteiger partial charge in [-0.25, -0.2) is 19.9 Å². The van der Waals surface area contributed by atoms with Gasteiger partial charge in [-0.1, -0.05) is 0 Å². The summed E-state index contributed by atoms with van der Waals surface area (Å²) in [6.07, 6.45) is 3.59. The molecule has 0 saturated heterocycles. The fraction of sp³-hybridized carbons (Fsp3) is 0.429. The molecule has 0 spiro atoms. The molecule has 2 aromatic rings. The predicted molar refractivity (Wildman–Crippen MR) is 82.4 cm³/mol. The van der Waals surface area contributed by atoms with Crippen LogP contribution in [0.25, 0.3) is 0 Å². The van der Waals surface area contributed by atoms with Gasteiger partial charge in [0.2, 0.25) is 0 Å². The number of hydrogen-bond donors (Lipinski definition) is 1. The fourth-order valence-corrected chi connectivity index (χ4v) is 2.30. The van der Waals surface area contributed by atoms with Crippen LogP contribution in [0.1, 0.15) is 25.2 Å². The molecule has 0 aliphatic heterocycles. The molecule has 1 N–H and O–H groups in total. The Kier molecular flexibility index (Phi) is 5.89. The van der Waals surface area contributed by atoms with Crippen LogP contribution in [0.2, 0.25) is 0 Å². The molecule has 0 amide bonds. The molecule has 0 fully saturated rings. The zero-order chi connectivity index (χ0) is 15.1. The van der Waals surface area contributed by atoms with Crippen molar-refractivity contribution in [1.82, 2.24) is 19.9 Å². The smallest absolute Gasteiger partial charge is 0.193 e. The number of aryl methyl sites for hydroxylation is 1. The van der Waals surface area contributed by atoms with Gasteiger partial charge in [0, 0.05) is 31.6 Å². The third-order valence-electron chi connectivity index (χ3n) is 2.50. The van der Waals surface area contributed by atoms with Crippen LogP contribution in [-0.2, 0) is 11.3 Å². The van der Waals surface area contributed by atoms with Crippen molar-refractivity contribution in [3.8, 4) is 0 Å². The van der Waals surface area contributed by atoms with Gasteiger partial charge in [-0.3, -0.25) is 0 Å². The molecule has 21 heavy (non-hydrogen) atoms. The number of aromatic nitrogens is 4. The van der Waals surface area contributed by atoms with Crippen molar-refractivity contribution in [2.75, 3.05) is 18.5 Å². The molecule has 0 unspecified atom stereocenters. The highest BCUT2D eigenvalue weighted by molar-refractivity contribution is 7.99. The molecule has 0 aliphatic rings. The molecule has 6 nitrogen and oxygen atoms in total. The van der Waals surface area contributed by atoms with E-state index in [0.29, 0.717) is 24.2 Å².